The molecule has 0 aliphatic carbocycles. The van der Waals surface area contributed by atoms with Gasteiger partial charge < -0.3 is 14.4 Å². The molecule has 6 nitrogen and oxygen atoms in total. The largest absolute Gasteiger partial charge is 0.480 e. The maximum atomic E-state index is 11.9. The molecule has 9 heteroatoms. The topological polar surface area (TPSA) is 81.4 Å². The fourth-order valence-corrected chi connectivity index (χ4v) is 3.88. The summed E-state index contributed by atoms with van der Waals surface area (Å²) in [4.78, 5) is 27.6. The number of carboxylic acid groups (broad SMARTS) is 1. The van der Waals surface area contributed by atoms with Crippen molar-refractivity contribution in [1.82, 2.24) is 9.55 Å². The predicted octanol–water partition coefficient (Wildman–Crippen LogP) is 4.77. The van der Waals surface area contributed by atoms with E-state index in [0.717, 1.165) is 10.9 Å². The number of aromatic nitrogens is 2. The summed E-state index contributed by atoms with van der Waals surface area (Å²) in [6, 6.07) is 6.57. The van der Waals surface area contributed by atoms with Crippen LogP contribution in [0.5, 0.6) is 0 Å². The van der Waals surface area contributed by atoms with E-state index >= 15 is 0 Å². The number of fused-ring (bicyclic) bond motifs is 1. The third-order valence-corrected chi connectivity index (χ3v) is 5.35. The summed E-state index contributed by atoms with van der Waals surface area (Å²) < 4.78 is 6.29. The Labute approximate surface area is 175 Å². The van der Waals surface area contributed by atoms with Crippen molar-refractivity contribution in [3.63, 3.8) is 0 Å². The average molecular weight is 442 g/mol. The zero-order valence-corrected chi connectivity index (χ0v) is 17.2. The van der Waals surface area contributed by atoms with Crippen LogP contribution in [0.3, 0.4) is 0 Å². The van der Waals surface area contributed by atoms with E-state index < -0.39 is 11.9 Å². The lowest BCUT2D eigenvalue weighted by Gasteiger charge is -2.12. The van der Waals surface area contributed by atoms with Gasteiger partial charge in [0.05, 0.1) is 17.7 Å². The number of benzene rings is 1. The van der Waals surface area contributed by atoms with Crippen LogP contribution in [-0.4, -0.2) is 33.7 Å². The van der Waals surface area contributed by atoms with Crippen molar-refractivity contribution in [3.05, 3.63) is 61.8 Å². The molecule has 3 rings (SSSR count). The number of aryl methyl sites for hydroxylation is 1. The van der Waals surface area contributed by atoms with Gasteiger partial charge in [0.2, 0.25) is 0 Å². The van der Waals surface area contributed by atoms with Crippen molar-refractivity contribution in [3.8, 4) is 0 Å². The van der Waals surface area contributed by atoms with Crippen molar-refractivity contribution < 1.29 is 19.4 Å². The summed E-state index contributed by atoms with van der Waals surface area (Å²) >= 11 is 18.8. The molecule has 0 saturated carbocycles. The molecular formula is C19H15Cl3N2O4. The molecule has 0 amide bonds. The van der Waals surface area contributed by atoms with E-state index in [1.165, 1.54) is 13.2 Å². The number of nitrogens with zero attached hydrogens (tertiary/aromatic N) is 2. The number of methoxy groups -OCH3 is 1. The first-order valence-electron chi connectivity index (χ1n) is 8.15. The smallest absolute Gasteiger partial charge is 0.339 e. The highest BCUT2D eigenvalue weighted by Gasteiger charge is 2.21. The molecule has 1 aromatic carbocycles. The molecule has 0 bridgehead atoms. The van der Waals surface area contributed by atoms with Gasteiger partial charge in [-0.25, -0.2) is 9.78 Å². The van der Waals surface area contributed by atoms with Crippen LogP contribution in [0.15, 0.2) is 24.3 Å². The van der Waals surface area contributed by atoms with Gasteiger partial charge in [-0.15, -0.1) is 0 Å². The van der Waals surface area contributed by atoms with Crippen molar-refractivity contribution in [2.24, 2.45) is 0 Å². The van der Waals surface area contributed by atoms with Crippen LogP contribution < -0.4 is 0 Å². The number of esters is 1. The normalized spacial score (nSPS) is 11.0. The summed E-state index contributed by atoms with van der Waals surface area (Å²) in [7, 11) is 1.26. The van der Waals surface area contributed by atoms with E-state index in [0.29, 0.717) is 21.9 Å². The average Bonchev–Trinajstić information content (AvgIpc) is 2.95. The minimum absolute atomic E-state index is 0.161. The number of halogens is 3. The SMILES string of the molecule is COC(=O)c1ccc(Cl)c(Cc2cc3c(C)cc(Cl)nc3n2CC(=O)O)c1Cl. The quantitative estimate of drug-likeness (QED) is 0.456. The summed E-state index contributed by atoms with van der Waals surface area (Å²) in [5.74, 6) is -1.61. The molecule has 0 saturated heterocycles. The van der Waals surface area contributed by atoms with Crippen LogP contribution in [0, 0.1) is 6.92 Å². The lowest BCUT2D eigenvalue weighted by molar-refractivity contribution is -0.137. The number of carbonyl (C=O) groups is 2. The first-order chi connectivity index (χ1) is 13.2. The fraction of sp³-hybridized carbons (Fsp3) is 0.211. The number of hydrogen-bond donors (Lipinski definition) is 1. The van der Waals surface area contributed by atoms with Crippen LogP contribution >= 0.6 is 34.8 Å². The zero-order chi connectivity index (χ0) is 20.6. The highest BCUT2D eigenvalue weighted by molar-refractivity contribution is 6.38. The maximum absolute atomic E-state index is 11.9. The van der Waals surface area contributed by atoms with Gasteiger partial charge in [0.1, 0.15) is 17.3 Å². The van der Waals surface area contributed by atoms with Gasteiger partial charge in [0, 0.05) is 22.5 Å². The van der Waals surface area contributed by atoms with Crippen molar-refractivity contribution in [2.75, 3.05) is 7.11 Å². The molecule has 2 aromatic heterocycles. The van der Waals surface area contributed by atoms with Crippen molar-refractivity contribution >= 4 is 57.8 Å². The predicted molar refractivity (Wildman–Crippen MR) is 108 cm³/mol. The number of hydrogen-bond acceptors (Lipinski definition) is 4. The minimum atomic E-state index is -1.03. The Morgan fingerprint density at radius 1 is 1.21 bits per heavy atom. The number of carboxylic acids is 1. The molecule has 28 heavy (non-hydrogen) atoms. The summed E-state index contributed by atoms with van der Waals surface area (Å²) in [6.07, 6.45) is 0.198. The number of carbonyl (C=O) groups excluding carboxylic acids is 1. The molecule has 0 fully saturated rings. The molecule has 1 N–H and O–H groups in total. The van der Waals surface area contributed by atoms with Crippen LogP contribution in [-0.2, 0) is 22.5 Å². The van der Waals surface area contributed by atoms with E-state index in [1.807, 2.05) is 13.0 Å². The third-order valence-electron chi connectivity index (χ3n) is 4.37. The molecule has 146 valence electrons. The number of pyridine rings is 1. The minimum Gasteiger partial charge on any atom is -0.480 e. The highest BCUT2D eigenvalue weighted by atomic mass is 35.5. The highest BCUT2D eigenvalue weighted by Crippen LogP contribution is 2.33. The van der Waals surface area contributed by atoms with Gasteiger partial charge in [-0.3, -0.25) is 4.79 Å². The van der Waals surface area contributed by atoms with E-state index in [4.69, 9.17) is 39.5 Å². The van der Waals surface area contributed by atoms with Crippen LogP contribution in [0.1, 0.15) is 27.2 Å². The van der Waals surface area contributed by atoms with Gasteiger partial charge in [0.15, 0.2) is 0 Å². The Hall–Kier alpha value is -2.28. The van der Waals surface area contributed by atoms with Crippen molar-refractivity contribution in [1.29, 1.82) is 0 Å². The third kappa shape index (κ3) is 3.81. The van der Waals surface area contributed by atoms with E-state index in [2.05, 4.69) is 4.98 Å². The van der Waals surface area contributed by atoms with E-state index in [-0.39, 0.29) is 28.7 Å². The Morgan fingerprint density at radius 3 is 2.57 bits per heavy atom. The Balaban J connectivity index is 2.19. The lowest BCUT2D eigenvalue weighted by Crippen LogP contribution is -2.13. The van der Waals surface area contributed by atoms with Gasteiger partial charge >= 0.3 is 11.9 Å². The number of rotatable bonds is 5. The lowest BCUT2D eigenvalue weighted by atomic mass is 10.1. The van der Waals surface area contributed by atoms with Crippen molar-refractivity contribution in [2.45, 2.75) is 19.9 Å². The Bertz CT molecular complexity index is 1110. The Kier molecular flexibility index (Phi) is 5.84. The zero-order valence-electron chi connectivity index (χ0n) is 14.9. The van der Waals surface area contributed by atoms with Crippen LogP contribution in [0.2, 0.25) is 15.2 Å². The molecule has 2 heterocycles. The van der Waals surface area contributed by atoms with Gasteiger partial charge in [-0.05, 0) is 42.3 Å². The second-order valence-corrected chi connectivity index (χ2v) is 7.34. The summed E-state index contributed by atoms with van der Waals surface area (Å²) in [5, 5.41) is 10.9. The molecule has 3 aromatic rings. The first kappa shape index (κ1) is 20.5. The standard InChI is InChI=1S/C19H15Cl3N2O4/c1-9-5-15(21)23-18-12(9)6-10(24(18)8-16(25)26)7-13-14(20)4-3-11(17(13)22)19(27)28-2/h3-6H,7-8H2,1-2H3,(H,25,26). The summed E-state index contributed by atoms with van der Waals surface area (Å²) in [5.41, 5.74) is 2.62. The van der Waals surface area contributed by atoms with Gasteiger partial charge in [-0.1, -0.05) is 34.8 Å². The molecule has 0 radical (unpaired) electrons. The molecule has 0 spiro atoms. The number of ether oxygens (including phenoxy) is 1. The van der Waals surface area contributed by atoms with E-state index in [1.54, 1.807) is 16.7 Å². The van der Waals surface area contributed by atoms with Crippen LogP contribution in [0.4, 0.5) is 0 Å². The monoisotopic (exact) mass is 440 g/mol. The maximum Gasteiger partial charge on any atom is 0.339 e. The molecule has 0 aliphatic rings. The van der Waals surface area contributed by atoms with Gasteiger partial charge in [-0.2, -0.15) is 0 Å². The summed E-state index contributed by atoms with van der Waals surface area (Å²) in [6.45, 7) is 1.56. The number of aliphatic carboxylic acids is 1. The molecular weight excluding hydrogens is 427 g/mol. The fourth-order valence-electron chi connectivity index (χ4n) is 3.06. The molecule has 0 atom stereocenters. The second kappa shape index (κ2) is 7.99. The van der Waals surface area contributed by atoms with E-state index in [9.17, 15) is 14.7 Å². The molecule has 0 aliphatic heterocycles. The molecule has 0 unspecified atom stereocenters. The Morgan fingerprint density at radius 2 is 1.93 bits per heavy atom. The van der Waals surface area contributed by atoms with Gasteiger partial charge in [0.25, 0.3) is 0 Å². The first-order valence-corrected chi connectivity index (χ1v) is 9.28. The second-order valence-electron chi connectivity index (χ2n) is 6.17. The van der Waals surface area contributed by atoms with Crippen LogP contribution in [0.25, 0.3) is 11.0 Å².